The first-order chi connectivity index (χ1) is 8.15. The van der Waals surface area contributed by atoms with E-state index in [1.54, 1.807) is 0 Å². The average Bonchev–Trinajstić information content (AvgIpc) is 2.63. The summed E-state index contributed by atoms with van der Waals surface area (Å²) in [6.45, 7) is 3.89. The number of hydrogen-bond donors (Lipinski definition) is 1. The number of fused-ring (bicyclic) bond motifs is 1. The van der Waals surface area contributed by atoms with Crippen molar-refractivity contribution >= 4 is 17.2 Å². The van der Waals surface area contributed by atoms with E-state index in [2.05, 4.69) is 17.1 Å². The Balaban J connectivity index is 2.08. The van der Waals surface area contributed by atoms with Crippen molar-refractivity contribution in [3.63, 3.8) is 0 Å². The van der Waals surface area contributed by atoms with Gasteiger partial charge in [0.25, 0.3) is 0 Å². The summed E-state index contributed by atoms with van der Waals surface area (Å²) in [5, 5.41) is 0. The highest BCUT2D eigenvalue weighted by atomic mass is 16.3. The van der Waals surface area contributed by atoms with Crippen LogP contribution in [0.2, 0.25) is 0 Å². The second-order valence-corrected chi connectivity index (χ2v) is 4.42. The largest absolute Gasteiger partial charge is 0.441 e. The number of rotatable bonds is 4. The van der Waals surface area contributed by atoms with Crippen LogP contribution in [0.3, 0.4) is 0 Å². The fourth-order valence-corrected chi connectivity index (χ4v) is 1.74. The molecule has 0 aliphatic heterocycles. The van der Waals surface area contributed by atoms with Gasteiger partial charge in [0.05, 0.1) is 0 Å². The van der Waals surface area contributed by atoms with Crippen molar-refractivity contribution < 1.29 is 4.42 Å². The van der Waals surface area contributed by atoms with Gasteiger partial charge in [-0.25, -0.2) is 4.98 Å². The molecule has 1 aromatic carbocycles. The van der Waals surface area contributed by atoms with Gasteiger partial charge in [0.2, 0.25) is 0 Å². The zero-order valence-electron chi connectivity index (χ0n) is 10.3. The van der Waals surface area contributed by atoms with Crippen LogP contribution < -0.4 is 5.73 Å². The van der Waals surface area contributed by atoms with E-state index in [0.717, 1.165) is 29.5 Å². The maximum Gasteiger partial charge on any atom is 0.192 e. The Hall–Kier alpha value is -1.61. The fourth-order valence-electron chi connectivity index (χ4n) is 1.74. The van der Waals surface area contributed by atoms with Gasteiger partial charge in [-0.1, -0.05) is 18.2 Å². The summed E-state index contributed by atoms with van der Waals surface area (Å²) in [6, 6.07) is 6.30. The highest BCUT2D eigenvalue weighted by molar-refractivity contribution is 5.76. The lowest BCUT2D eigenvalue weighted by molar-refractivity contribution is 0.561. The lowest BCUT2D eigenvalue weighted by Crippen LogP contribution is -2.13. The lowest BCUT2D eigenvalue weighted by atomic mass is 10.1. The lowest BCUT2D eigenvalue weighted by Gasteiger charge is -1.99. The molecule has 3 nitrogen and oxygen atoms in total. The maximum atomic E-state index is 5.69. The third-order valence-electron chi connectivity index (χ3n) is 2.62. The Morgan fingerprint density at radius 2 is 2.29 bits per heavy atom. The van der Waals surface area contributed by atoms with Gasteiger partial charge < -0.3 is 10.2 Å². The molecule has 1 aromatic heterocycles. The van der Waals surface area contributed by atoms with Crippen LogP contribution in [0.5, 0.6) is 0 Å². The number of aryl methyl sites for hydroxylation is 1. The number of allylic oxidation sites excluding steroid dienone is 1. The van der Waals surface area contributed by atoms with E-state index in [1.807, 2.05) is 32.0 Å². The van der Waals surface area contributed by atoms with Crippen LogP contribution in [-0.4, -0.2) is 11.0 Å². The second kappa shape index (κ2) is 5.15. The second-order valence-electron chi connectivity index (χ2n) is 4.42. The summed E-state index contributed by atoms with van der Waals surface area (Å²) in [7, 11) is 0. The molecule has 0 radical (unpaired) electrons. The van der Waals surface area contributed by atoms with E-state index in [-0.39, 0.29) is 6.04 Å². The Bertz CT molecular complexity index is 526. The molecular formula is C14H18N2O. The number of nitrogens with zero attached hydrogens (tertiary/aromatic N) is 1. The first-order valence-electron chi connectivity index (χ1n) is 5.94. The topological polar surface area (TPSA) is 52.0 Å². The van der Waals surface area contributed by atoms with Crippen LogP contribution in [0.4, 0.5) is 0 Å². The van der Waals surface area contributed by atoms with Gasteiger partial charge in [-0.2, -0.15) is 0 Å². The first-order valence-corrected chi connectivity index (χ1v) is 5.94. The van der Waals surface area contributed by atoms with Gasteiger partial charge in [0.1, 0.15) is 5.52 Å². The number of oxazole rings is 1. The molecule has 3 heteroatoms. The molecule has 0 saturated heterocycles. The van der Waals surface area contributed by atoms with Crippen molar-refractivity contribution in [2.45, 2.75) is 32.7 Å². The van der Waals surface area contributed by atoms with Gasteiger partial charge in [-0.15, -0.1) is 0 Å². The predicted octanol–water partition coefficient (Wildman–Crippen LogP) is 3.28. The average molecular weight is 230 g/mol. The van der Waals surface area contributed by atoms with Crippen LogP contribution in [-0.2, 0) is 0 Å². The Labute approximate surface area is 101 Å². The summed E-state index contributed by atoms with van der Waals surface area (Å²) in [4.78, 5) is 4.31. The van der Waals surface area contributed by atoms with Gasteiger partial charge in [-0.3, -0.25) is 0 Å². The van der Waals surface area contributed by atoms with Gasteiger partial charge >= 0.3 is 0 Å². The molecule has 0 bridgehead atoms. The minimum atomic E-state index is 0.264. The normalized spacial score (nSPS) is 13.6. The summed E-state index contributed by atoms with van der Waals surface area (Å²) < 4.78 is 5.43. The number of aromatic nitrogens is 1. The minimum absolute atomic E-state index is 0.264. The van der Waals surface area contributed by atoms with E-state index in [4.69, 9.17) is 10.2 Å². The molecule has 1 heterocycles. The zero-order chi connectivity index (χ0) is 12.3. The summed E-state index contributed by atoms with van der Waals surface area (Å²) >= 11 is 0. The van der Waals surface area contributed by atoms with Crippen LogP contribution in [0.15, 0.2) is 28.7 Å². The first kappa shape index (κ1) is 11.9. The summed E-state index contributed by atoms with van der Waals surface area (Å²) in [5.41, 5.74) is 8.60. The molecule has 0 spiro atoms. The highest BCUT2D eigenvalue weighted by Gasteiger charge is 2.01. The summed E-state index contributed by atoms with van der Waals surface area (Å²) in [6.07, 6.45) is 6.28. The van der Waals surface area contributed by atoms with Crippen molar-refractivity contribution in [1.29, 1.82) is 0 Å². The van der Waals surface area contributed by atoms with E-state index in [9.17, 15) is 0 Å². The fraction of sp³-hybridized carbons (Fsp3) is 0.357. The third-order valence-corrected chi connectivity index (χ3v) is 2.62. The Morgan fingerprint density at radius 1 is 1.47 bits per heavy atom. The molecule has 0 fully saturated rings. The highest BCUT2D eigenvalue weighted by Crippen LogP contribution is 2.17. The Morgan fingerprint density at radius 3 is 3.06 bits per heavy atom. The molecule has 0 aliphatic carbocycles. The van der Waals surface area contributed by atoms with E-state index in [1.165, 1.54) is 0 Å². The Kier molecular flexibility index (Phi) is 3.59. The van der Waals surface area contributed by atoms with Crippen molar-refractivity contribution in [2.75, 3.05) is 0 Å². The number of nitrogens with two attached hydrogens (primary N) is 1. The van der Waals surface area contributed by atoms with Gasteiger partial charge in [0, 0.05) is 13.0 Å². The third kappa shape index (κ3) is 3.17. The SMILES string of the molecule is Cc1nc2cc(/C=C/CCC(C)N)ccc2o1. The van der Waals surface area contributed by atoms with Crippen LogP contribution in [0, 0.1) is 6.92 Å². The zero-order valence-corrected chi connectivity index (χ0v) is 10.3. The number of hydrogen-bond acceptors (Lipinski definition) is 3. The van der Waals surface area contributed by atoms with E-state index < -0.39 is 0 Å². The van der Waals surface area contributed by atoms with Crippen molar-refractivity contribution in [2.24, 2.45) is 5.73 Å². The maximum absolute atomic E-state index is 5.69. The molecular weight excluding hydrogens is 212 g/mol. The molecule has 2 aromatic rings. The van der Waals surface area contributed by atoms with Crippen molar-refractivity contribution in [3.8, 4) is 0 Å². The summed E-state index contributed by atoms with van der Waals surface area (Å²) in [5.74, 6) is 0.707. The van der Waals surface area contributed by atoms with Crippen molar-refractivity contribution in [1.82, 2.24) is 4.98 Å². The standard InChI is InChI=1S/C14H18N2O/c1-10(15)5-3-4-6-12-7-8-14-13(9-12)16-11(2)17-14/h4,6-10H,3,5,15H2,1-2H3/b6-4+. The molecule has 1 unspecified atom stereocenters. The quantitative estimate of drug-likeness (QED) is 0.877. The molecule has 0 amide bonds. The van der Waals surface area contributed by atoms with Crippen LogP contribution >= 0.6 is 0 Å². The predicted molar refractivity (Wildman–Crippen MR) is 70.7 cm³/mol. The van der Waals surface area contributed by atoms with Crippen LogP contribution in [0.25, 0.3) is 17.2 Å². The van der Waals surface area contributed by atoms with Gasteiger partial charge in [0.15, 0.2) is 11.5 Å². The van der Waals surface area contributed by atoms with E-state index in [0.29, 0.717) is 5.89 Å². The minimum Gasteiger partial charge on any atom is -0.441 e. The van der Waals surface area contributed by atoms with Crippen LogP contribution in [0.1, 0.15) is 31.2 Å². The molecule has 17 heavy (non-hydrogen) atoms. The molecule has 0 aliphatic rings. The van der Waals surface area contributed by atoms with Gasteiger partial charge in [-0.05, 0) is 37.5 Å². The number of benzene rings is 1. The molecule has 1 atom stereocenters. The monoisotopic (exact) mass is 230 g/mol. The smallest absolute Gasteiger partial charge is 0.192 e. The molecule has 2 N–H and O–H groups in total. The molecule has 90 valence electrons. The molecule has 0 saturated carbocycles. The molecule has 2 rings (SSSR count). The van der Waals surface area contributed by atoms with E-state index >= 15 is 0 Å². The van der Waals surface area contributed by atoms with Crippen molar-refractivity contribution in [3.05, 3.63) is 35.7 Å².